The van der Waals surface area contributed by atoms with Gasteiger partial charge in [-0.2, -0.15) is 4.31 Å². The van der Waals surface area contributed by atoms with Crippen molar-refractivity contribution < 1.29 is 17.9 Å². The van der Waals surface area contributed by atoms with Gasteiger partial charge in [0.25, 0.3) is 10.0 Å². The number of carbonyl (C=O) groups is 1. The second-order valence-electron chi connectivity index (χ2n) is 6.97. The zero-order valence-corrected chi connectivity index (χ0v) is 16.2. The van der Waals surface area contributed by atoms with E-state index in [9.17, 15) is 13.2 Å². The Morgan fingerprint density at radius 3 is 2.85 bits per heavy atom. The molecule has 0 saturated carbocycles. The molecular weight excluding hydrogens is 376 g/mol. The minimum atomic E-state index is -3.77. The molecule has 2 bridgehead atoms. The molecule has 2 aliphatic rings. The fourth-order valence-corrected chi connectivity index (χ4v) is 6.92. The molecule has 2 aliphatic heterocycles. The molecule has 2 saturated heterocycles. The summed E-state index contributed by atoms with van der Waals surface area (Å²) in [5, 5.41) is 1.92. The molecule has 3 atom stereocenters. The number of methoxy groups -OCH3 is 1. The molecule has 0 unspecified atom stereocenters. The minimum absolute atomic E-state index is 0.0197. The summed E-state index contributed by atoms with van der Waals surface area (Å²) in [5.41, 5.74) is 1.62. The van der Waals surface area contributed by atoms with Crippen molar-refractivity contribution in [3.05, 3.63) is 29.1 Å². The highest BCUT2D eigenvalue weighted by Gasteiger charge is 2.64. The van der Waals surface area contributed by atoms with Crippen LogP contribution in [-0.2, 0) is 33.0 Å². The Labute approximate surface area is 155 Å². The first kappa shape index (κ1) is 17.6. The first-order valence-electron chi connectivity index (χ1n) is 8.35. The molecule has 0 N–H and O–H groups in total. The van der Waals surface area contributed by atoms with Crippen LogP contribution in [0.4, 0.5) is 0 Å². The van der Waals surface area contributed by atoms with E-state index in [4.69, 9.17) is 4.74 Å². The van der Waals surface area contributed by atoms with Crippen LogP contribution in [0.2, 0.25) is 0 Å². The van der Waals surface area contributed by atoms with Gasteiger partial charge in [0.05, 0.1) is 30.1 Å². The van der Waals surface area contributed by atoms with Gasteiger partial charge >= 0.3 is 5.97 Å². The highest BCUT2D eigenvalue weighted by atomic mass is 32.2. The van der Waals surface area contributed by atoms with Crippen LogP contribution in [0.3, 0.4) is 0 Å². The van der Waals surface area contributed by atoms with Gasteiger partial charge in [-0.15, -0.1) is 11.3 Å². The summed E-state index contributed by atoms with van der Waals surface area (Å²) < 4.78 is 34.6. The quantitative estimate of drug-likeness (QED) is 0.705. The molecule has 0 amide bonds. The molecule has 2 aromatic heterocycles. The standard InChI is InChI=1S/C16H20N4O4S2/c1-19-7-14(17-9-19)26(22,23)20-12-3-4-13(20)16(6-12,15(21)24-2)5-11-8-25-10-18-11/h7-10,12-13H,3-6H2,1-2H3/t12-,13+,16+/m1/s1. The fourth-order valence-electron chi connectivity index (χ4n) is 4.45. The molecule has 26 heavy (non-hydrogen) atoms. The van der Waals surface area contributed by atoms with Gasteiger partial charge in [-0.3, -0.25) is 4.79 Å². The van der Waals surface area contributed by atoms with Gasteiger partial charge in [0.15, 0.2) is 5.03 Å². The lowest BCUT2D eigenvalue weighted by Crippen LogP contribution is -2.47. The Morgan fingerprint density at radius 1 is 1.42 bits per heavy atom. The van der Waals surface area contributed by atoms with Gasteiger partial charge in [-0.1, -0.05) is 0 Å². The molecule has 10 heteroatoms. The number of hydrogen-bond acceptors (Lipinski definition) is 7. The van der Waals surface area contributed by atoms with Gasteiger partial charge in [-0.05, 0) is 19.3 Å². The first-order valence-corrected chi connectivity index (χ1v) is 10.7. The molecule has 4 heterocycles. The number of rotatable bonds is 5. The monoisotopic (exact) mass is 396 g/mol. The van der Waals surface area contributed by atoms with E-state index in [1.165, 1.54) is 35.3 Å². The van der Waals surface area contributed by atoms with E-state index in [1.54, 1.807) is 17.1 Å². The van der Waals surface area contributed by atoms with Crippen molar-refractivity contribution in [2.24, 2.45) is 12.5 Å². The maximum atomic E-state index is 13.2. The number of aryl methyl sites for hydroxylation is 1. The molecule has 4 rings (SSSR count). The Morgan fingerprint density at radius 2 is 2.23 bits per heavy atom. The second kappa shape index (κ2) is 6.14. The number of imidazole rings is 1. The zero-order chi connectivity index (χ0) is 18.5. The van der Waals surface area contributed by atoms with Crippen LogP contribution >= 0.6 is 11.3 Å². The van der Waals surface area contributed by atoms with Crippen molar-refractivity contribution >= 4 is 27.3 Å². The van der Waals surface area contributed by atoms with Crippen LogP contribution in [-0.4, -0.2) is 52.4 Å². The molecule has 0 spiro atoms. The second-order valence-corrected chi connectivity index (χ2v) is 9.48. The summed E-state index contributed by atoms with van der Waals surface area (Å²) in [4.78, 5) is 21.1. The van der Waals surface area contributed by atoms with Crippen LogP contribution < -0.4 is 0 Å². The number of hydrogen-bond donors (Lipinski definition) is 0. The summed E-state index contributed by atoms with van der Waals surface area (Å²) in [6.07, 6.45) is 5.18. The van der Waals surface area contributed by atoms with Crippen molar-refractivity contribution in [2.75, 3.05) is 7.11 Å². The fraction of sp³-hybridized carbons (Fsp3) is 0.562. The highest BCUT2D eigenvalue weighted by molar-refractivity contribution is 7.89. The van der Waals surface area contributed by atoms with E-state index in [2.05, 4.69) is 9.97 Å². The number of fused-ring (bicyclic) bond motifs is 2. The Balaban J connectivity index is 1.75. The number of sulfonamides is 1. The van der Waals surface area contributed by atoms with Gasteiger partial charge < -0.3 is 9.30 Å². The summed E-state index contributed by atoms with van der Waals surface area (Å²) in [6.45, 7) is 0. The predicted octanol–water partition coefficient (Wildman–Crippen LogP) is 1.20. The van der Waals surface area contributed by atoms with E-state index >= 15 is 0 Å². The van der Waals surface area contributed by atoms with Crippen LogP contribution in [0.1, 0.15) is 25.0 Å². The lowest BCUT2D eigenvalue weighted by Gasteiger charge is -2.34. The topological polar surface area (TPSA) is 94.4 Å². The van der Waals surface area contributed by atoms with Crippen LogP contribution in [0.15, 0.2) is 28.4 Å². The molecule has 2 fully saturated rings. The first-order chi connectivity index (χ1) is 12.4. The SMILES string of the molecule is COC(=O)[C@@]1(Cc2cscn2)C[C@H]2CC[C@@H]1N2S(=O)(=O)c1cn(C)cn1. The number of aromatic nitrogens is 3. The maximum Gasteiger partial charge on any atom is 0.313 e. The number of ether oxygens (including phenoxy) is 1. The van der Waals surface area contributed by atoms with E-state index in [1.807, 2.05) is 5.38 Å². The molecule has 8 nitrogen and oxygen atoms in total. The van der Waals surface area contributed by atoms with Gasteiger partial charge in [0.1, 0.15) is 0 Å². The van der Waals surface area contributed by atoms with Crippen molar-refractivity contribution in [2.45, 2.75) is 42.8 Å². The molecule has 2 aromatic rings. The number of carbonyl (C=O) groups excluding carboxylic acids is 1. The largest absolute Gasteiger partial charge is 0.469 e. The highest BCUT2D eigenvalue weighted by Crippen LogP contribution is 2.54. The summed E-state index contributed by atoms with van der Waals surface area (Å²) in [5.74, 6) is -0.362. The summed E-state index contributed by atoms with van der Waals surface area (Å²) in [7, 11) is -0.686. The van der Waals surface area contributed by atoms with E-state index in [-0.39, 0.29) is 17.0 Å². The lowest BCUT2D eigenvalue weighted by atomic mass is 9.71. The van der Waals surface area contributed by atoms with Crippen LogP contribution in [0, 0.1) is 5.41 Å². The van der Waals surface area contributed by atoms with E-state index in [0.29, 0.717) is 19.3 Å². The lowest BCUT2D eigenvalue weighted by molar-refractivity contribution is -0.154. The molecule has 0 radical (unpaired) electrons. The summed E-state index contributed by atoms with van der Waals surface area (Å²) >= 11 is 1.46. The smallest absolute Gasteiger partial charge is 0.313 e. The van der Waals surface area contributed by atoms with E-state index < -0.39 is 21.5 Å². The van der Waals surface area contributed by atoms with Crippen molar-refractivity contribution in [3.63, 3.8) is 0 Å². The van der Waals surface area contributed by atoms with Gasteiger partial charge in [-0.25, -0.2) is 18.4 Å². The number of thiazole rings is 1. The van der Waals surface area contributed by atoms with Crippen LogP contribution in [0.25, 0.3) is 0 Å². The Hall–Kier alpha value is -1.78. The molecule has 0 aliphatic carbocycles. The predicted molar refractivity (Wildman–Crippen MR) is 93.9 cm³/mol. The van der Waals surface area contributed by atoms with Crippen LogP contribution in [0.5, 0.6) is 0 Å². The average Bonchev–Trinajstić information content (AvgIpc) is 3.37. The molecular formula is C16H20N4O4S2. The van der Waals surface area contributed by atoms with Crippen molar-refractivity contribution in [1.29, 1.82) is 0 Å². The third kappa shape index (κ3) is 2.50. The normalized spacial score (nSPS) is 28.5. The minimum Gasteiger partial charge on any atom is -0.469 e. The van der Waals surface area contributed by atoms with Gasteiger partial charge in [0.2, 0.25) is 0 Å². The zero-order valence-electron chi connectivity index (χ0n) is 14.5. The Kier molecular flexibility index (Phi) is 4.16. The summed E-state index contributed by atoms with van der Waals surface area (Å²) in [6, 6.07) is -0.654. The van der Waals surface area contributed by atoms with Crippen molar-refractivity contribution in [1.82, 2.24) is 18.8 Å². The number of esters is 1. The molecule has 140 valence electrons. The Bertz CT molecular complexity index is 924. The average molecular weight is 396 g/mol. The number of nitrogens with zero attached hydrogens (tertiary/aromatic N) is 4. The van der Waals surface area contributed by atoms with Gasteiger partial charge in [0, 0.05) is 37.1 Å². The molecule has 0 aromatic carbocycles. The van der Waals surface area contributed by atoms with Crippen molar-refractivity contribution in [3.8, 4) is 0 Å². The maximum absolute atomic E-state index is 13.2. The third-order valence-electron chi connectivity index (χ3n) is 5.47. The van der Waals surface area contributed by atoms with E-state index in [0.717, 1.165) is 12.1 Å². The third-order valence-corrected chi connectivity index (χ3v) is 7.96.